The van der Waals surface area contributed by atoms with E-state index < -0.39 is 36.2 Å². The van der Waals surface area contributed by atoms with Crippen molar-refractivity contribution in [2.45, 2.75) is 50.6 Å². The number of piperazine rings is 1. The molecule has 1 saturated carbocycles. The predicted molar refractivity (Wildman–Crippen MR) is 218 cm³/mol. The standard InChI is InChI=1S/C42H39ClF4N6O6S/c1-3-55-40(54)37(41(11-12-41)27-6-4-5-7-28(27)57-21-24-10-13-50-53(24)22-42(45,46)47)59-38-33-32-25-8-9-29(56-19-18-52-16-14-51(2)15-17-52)34(43)31(25)26-20-30(44)58-35(26)36(32)60-39(33)49-23-48-38/h4-10,13,20,23,37H,3,11-12,14-19,21-22H2,1-2H3. The van der Waals surface area contributed by atoms with E-state index in [4.69, 9.17) is 35.0 Å². The van der Waals surface area contributed by atoms with E-state index in [0.717, 1.165) is 37.4 Å². The minimum Gasteiger partial charge on any atom is -0.491 e. The molecular weight excluding hydrogens is 828 g/mol. The topological polar surface area (TPSA) is 117 Å². The zero-order valence-electron chi connectivity index (χ0n) is 32.6. The molecule has 9 rings (SSSR count). The highest BCUT2D eigenvalue weighted by Crippen LogP contribution is 2.56. The first kappa shape index (κ1) is 40.2. The number of esters is 1. The molecule has 1 aliphatic heterocycles. The fourth-order valence-corrected chi connectivity index (χ4v) is 9.56. The summed E-state index contributed by atoms with van der Waals surface area (Å²) in [5.74, 6) is 0.255. The molecule has 0 spiro atoms. The lowest BCUT2D eigenvalue weighted by Crippen LogP contribution is -2.45. The van der Waals surface area contributed by atoms with Crippen molar-refractivity contribution in [2.24, 2.45) is 0 Å². The number of hydrogen-bond donors (Lipinski definition) is 0. The van der Waals surface area contributed by atoms with E-state index >= 15 is 4.39 Å². The number of thiophene rings is 1. The van der Waals surface area contributed by atoms with E-state index in [-0.39, 0.29) is 35.4 Å². The second-order valence-corrected chi connectivity index (χ2v) is 16.4. The molecule has 2 fully saturated rings. The van der Waals surface area contributed by atoms with Gasteiger partial charge in [-0.1, -0.05) is 29.8 Å². The van der Waals surface area contributed by atoms with Crippen molar-refractivity contribution in [1.29, 1.82) is 0 Å². The Morgan fingerprint density at radius 2 is 1.80 bits per heavy atom. The summed E-state index contributed by atoms with van der Waals surface area (Å²) in [7, 11) is 2.10. The largest absolute Gasteiger partial charge is 0.491 e. The van der Waals surface area contributed by atoms with Gasteiger partial charge in [-0.25, -0.2) is 14.8 Å². The maximum absolute atomic E-state index is 15.1. The highest BCUT2D eigenvalue weighted by molar-refractivity contribution is 7.26. The van der Waals surface area contributed by atoms with Gasteiger partial charge in [0.1, 0.15) is 42.4 Å². The van der Waals surface area contributed by atoms with Gasteiger partial charge in [-0.05, 0) is 56.5 Å². The van der Waals surface area contributed by atoms with Crippen LogP contribution in [-0.2, 0) is 28.1 Å². The summed E-state index contributed by atoms with van der Waals surface area (Å²) in [6.07, 6.45) is -2.08. The number of carbonyl (C=O) groups excluding carboxylic acids is 1. The summed E-state index contributed by atoms with van der Waals surface area (Å²) in [6.45, 7) is 5.26. The van der Waals surface area contributed by atoms with Crippen LogP contribution >= 0.6 is 22.9 Å². The van der Waals surface area contributed by atoms with E-state index in [2.05, 4.69) is 31.9 Å². The summed E-state index contributed by atoms with van der Waals surface area (Å²) < 4.78 is 86.6. The number of fused-ring (bicyclic) bond motifs is 8. The Balaban J connectivity index is 1.09. The molecule has 18 heteroatoms. The minimum atomic E-state index is -4.47. The van der Waals surface area contributed by atoms with Crippen LogP contribution in [0, 0.1) is 6.01 Å². The summed E-state index contributed by atoms with van der Waals surface area (Å²) in [5, 5.41) is 6.80. The molecule has 0 bridgehead atoms. The number of ether oxygens (including phenoxy) is 4. The first-order valence-corrected chi connectivity index (χ1v) is 20.7. The number of nitrogens with zero attached hydrogens (tertiary/aromatic N) is 6. The van der Waals surface area contributed by atoms with Gasteiger partial charge in [-0.15, -0.1) is 11.3 Å². The van der Waals surface area contributed by atoms with Gasteiger partial charge in [0.25, 0.3) is 6.01 Å². The first-order chi connectivity index (χ1) is 28.9. The SMILES string of the molecule is CCOC(=O)C(Oc1ncnc2sc3c4oc(F)cc4c4c(Cl)c(OCCN5CCN(C)CC5)ccc4c3c12)C1(c2ccccc2OCc2ccnn2CC(F)(F)F)CC1. The number of furan rings is 1. The monoisotopic (exact) mass is 866 g/mol. The smallest absolute Gasteiger partial charge is 0.408 e. The van der Waals surface area contributed by atoms with E-state index in [1.54, 1.807) is 31.2 Å². The minimum absolute atomic E-state index is 0.0711. The van der Waals surface area contributed by atoms with Crippen LogP contribution in [0.4, 0.5) is 17.6 Å². The number of carbonyl (C=O) groups is 1. The molecule has 1 atom stereocenters. The number of alkyl halides is 3. The molecule has 1 unspecified atom stereocenters. The van der Waals surface area contributed by atoms with E-state index in [1.807, 2.05) is 12.1 Å². The fourth-order valence-electron chi connectivity index (χ4n) is 8.10. The number of aromatic nitrogens is 4. The lowest BCUT2D eigenvalue weighted by molar-refractivity contribution is -0.153. The average Bonchev–Trinajstić information content (AvgIpc) is 3.49. The third-order valence-electron chi connectivity index (χ3n) is 11.2. The molecule has 2 aliphatic rings. The second-order valence-electron chi connectivity index (χ2n) is 15.0. The zero-order valence-corrected chi connectivity index (χ0v) is 34.1. The molecule has 4 aromatic heterocycles. The molecule has 5 heterocycles. The number of likely N-dealkylation sites (N-methyl/N-ethyl adjacent to an activating group) is 1. The van der Waals surface area contributed by atoms with Gasteiger partial charge < -0.3 is 28.3 Å². The van der Waals surface area contributed by atoms with Gasteiger partial charge >= 0.3 is 12.1 Å². The van der Waals surface area contributed by atoms with Gasteiger partial charge in [0, 0.05) is 72.1 Å². The van der Waals surface area contributed by atoms with Crippen LogP contribution in [0.3, 0.4) is 0 Å². The molecule has 7 aromatic rings. The predicted octanol–water partition coefficient (Wildman–Crippen LogP) is 8.54. The van der Waals surface area contributed by atoms with E-state index in [0.29, 0.717) is 73.0 Å². The van der Waals surface area contributed by atoms with Crippen molar-refractivity contribution in [3.05, 3.63) is 83.3 Å². The first-order valence-electron chi connectivity index (χ1n) is 19.5. The number of hydrogen-bond acceptors (Lipinski definition) is 12. The Morgan fingerprint density at radius 3 is 2.57 bits per heavy atom. The average molecular weight is 867 g/mol. The molecule has 0 N–H and O–H groups in total. The summed E-state index contributed by atoms with van der Waals surface area (Å²) in [6, 6.07) is 12.7. The Labute approximate surface area is 349 Å². The molecule has 12 nitrogen and oxygen atoms in total. The van der Waals surface area contributed by atoms with Gasteiger partial charge in [0.15, 0.2) is 5.58 Å². The molecule has 1 saturated heterocycles. The highest BCUT2D eigenvalue weighted by Gasteiger charge is 2.58. The Kier molecular flexibility index (Phi) is 10.7. The van der Waals surface area contributed by atoms with Gasteiger partial charge in [0.05, 0.1) is 27.4 Å². The third-order valence-corrected chi connectivity index (χ3v) is 12.7. The molecule has 314 valence electrons. The number of benzene rings is 3. The van der Waals surface area contributed by atoms with Crippen molar-refractivity contribution in [2.75, 3.05) is 53.0 Å². The summed E-state index contributed by atoms with van der Waals surface area (Å²) in [5.41, 5.74) is 0.163. The number of para-hydroxylation sites is 1. The maximum Gasteiger partial charge on any atom is 0.408 e. The lowest BCUT2D eigenvalue weighted by Gasteiger charge is -2.32. The quantitative estimate of drug-likeness (QED) is 0.0774. The van der Waals surface area contributed by atoms with Crippen molar-refractivity contribution in [3.63, 3.8) is 0 Å². The fraction of sp³-hybridized carbons (Fsp3) is 0.381. The van der Waals surface area contributed by atoms with Gasteiger partial charge in [0.2, 0.25) is 12.0 Å². The van der Waals surface area contributed by atoms with Gasteiger partial charge in [-0.2, -0.15) is 22.7 Å². The third kappa shape index (κ3) is 7.56. The molecule has 0 radical (unpaired) electrons. The van der Waals surface area contributed by atoms with Crippen molar-refractivity contribution >= 4 is 71.0 Å². The zero-order chi connectivity index (χ0) is 41.8. The Bertz CT molecular complexity index is 2730. The molecule has 0 amide bonds. The van der Waals surface area contributed by atoms with Crippen molar-refractivity contribution in [1.82, 2.24) is 29.5 Å². The highest BCUT2D eigenvalue weighted by atomic mass is 35.5. The Morgan fingerprint density at radius 1 is 1.00 bits per heavy atom. The van der Waals surface area contributed by atoms with Crippen LogP contribution in [0.15, 0.2) is 65.5 Å². The normalized spacial score (nSPS) is 16.5. The molecular formula is C42H39ClF4N6O6S. The van der Waals surface area contributed by atoms with E-state index in [9.17, 15) is 18.0 Å². The number of halogens is 5. The summed E-state index contributed by atoms with van der Waals surface area (Å²) in [4.78, 5) is 28.2. The lowest BCUT2D eigenvalue weighted by atomic mass is 9.88. The maximum atomic E-state index is 15.1. The second kappa shape index (κ2) is 16.0. The Hall–Kier alpha value is -5.23. The molecule has 1 aliphatic carbocycles. The van der Waals surface area contributed by atoms with Crippen LogP contribution in [0.1, 0.15) is 31.0 Å². The van der Waals surface area contributed by atoms with Crippen molar-refractivity contribution < 1.29 is 45.7 Å². The van der Waals surface area contributed by atoms with Crippen LogP contribution in [0.2, 0.25) is 5.02 Å². The molecule has 60 heavy (non-hydrogen) atoms. The number of rotatable bonds is 14. The summed E-state index contributed by atoms with van der Waals surface area (Å²) >= 11 is 8.40. The van der Waals surface area contributed by atoms with E-state index in [1.165, 1.54) is 36.0 Å². The molecule has 3 aromatic carbocycles. The van der Waals surface area contributed by atoms with Crippen LogP contribution in [0.5, 0.6) is 17.4 Å². The van der Waals surface area contributed by atoms with Crippen LogP contribution in [0.25, 0.3) is 42.0 Å². The van der Waals surface area contributed by atoms with Crippen molar-refractivity contribution in [3.8, 4) is 17.4 Å². The van der Waals surface area contributed by atoms with Crippen LogP contribution < -0.4 is 14.2 Å². The van der Waals surface area contributed by atoms with Crippen LogP contribution in [-0.4, -0.2) is 101 Å². The van der Waals surface area contributed by atoms with Gasteiger partial charge in [-0.3, -0.25) is 9.58 Å².